The number of carbonyl (C=O) groups is 1. The lowest BCUT2D eigenvalue weighted by molar-refractivity contribution is -0.0512. The maximum atomic E-state index is 12.3. The van der Waals surface area contributed by atoms with Crippen LogP contribution in [-0.4, -0.2) is 19.6 Å². The summed E-state index contributed by atoms with van der Waals surface area (Å²) in [5, 5.41) is 2.71. The van der Waals surface area contributed by atoms with Gasteiger partial charge in [0, 0.05) is 11.3 Å². The molecule has 0 unspecified atom stereocenters. The van der Waals surface area contributed by atoms with Crippen molar-refractivity contribution in [2.75, 3.05) is 12.4 Å². The van der Waals surface area contributed by atoms with E-state index in [1.807, 2.05) is 19.1 Å². The number of carbonyl (C=O) groups excluding carboxylic acids is 1. The Morgan fingerprint density at radius 2 is 1.77 bits per heavy atom. The molecule has 4 nitrogen and oxygen atoms in total. The summed E-state index contributed by atoms with van der Waals surface area (Å²) in [7, 11) is 1.31. The SMILES string of the molecule is COc1cc(C(=O)Nc2ccc(C)cc2)ccc1OC(F)F. The molecule has 0 atom stereocenters. The fourth-order valence-corrected chi connectivity index (χ4v) is 1.84. The molecule has 0 aliphatic carbocycles. The molecule has 0 radical (unpaired) electrons. The summed E-state index contributed by atoms with van der Waals surface area (Å²) in [4.78, 5) is 12.1. The van der Waals surface area contributed by atoms with Crippen LogP contribution in [0.2, 0.25) is 0 Å². The van der Waals surface area contributed by atoms with E-state index in [0.29, 0.717) is 5.69 Å². The molecular formula is C16H15F2NO3. The molecule has 0 aromatic heterocycles. The van der Waals surface area contributed by atoms with Gasteiger partial charge in [0.05, 0.1) is 7.11 Å². The van der Waals surface area contributed by atoms with Crippen molar-refractivity contribution in [3.8, 4) is 11.5 Å². The van der Waals surface area contributed by atoms with Crippen LogP contribution in [0.3, 0.4) is 0 Å². The molecule has 0 spiro atoms. The minimum atomic E-state index is -2.96. The van der Waals surface area contributed by atoms with Gasteiger partial charge < -0.3 is 14.8 Å². The molecule has 0 saturated heterocycles. The highest BCUT2D eigenvalue weighted by molar-refractivity contribution is 6.04. The van der Waals surface area contributed by atoms with E-state index in [2.05, 4.69) is 10.1 Å². The van der Waals surface area contributed by atoms with Crippen molar-refractivity contribution in [1.82, 2.24) is 0 Å². The Morgan fingerprint density at radius 3 is 2.36 bits per heavy atom. The summed E-state index contributed by atoms with van der Waals surface area (Å²) in [5.41, 5.74) is 2.00. The maximum absolute atomic E-state index is 12.3. The van der Waals surface area contributed by atoms with E-state index >= 15 is 0 Å². The van der Waals surface area contributed by atoms with E-state index in [4.69, 9.17) is 4.74 Å². The van der Waals surface area contributed by atoms with Gasteiger partial charge in [0.15, 0.2) is 11.5 Å². The smallest absolute Gasteiger partial charge is 0.387 e. The molecule has 2 rings (SSSR count). The molecule has 2 aromatic rings. The molecule has 22 heavy (non-hydrogen) atoms. The van der Waals surface area contributed by atoms with Crippen molar-refractivity contribution in [3.63, 3.8) is 0 Å². The van der Waals surface area contributed by atoms with Crippen LogP contribution < -0.4 is 14.8 Å². The van der Waals surface area contributed by atoms with Crippen LogP contribution in [0, 0.1) is 6.92 Å². The molecule has 0 heterocycles. The number of ether oxygens (including phenoxy) is 2. The fraction of sp³-hybridized carbons (Fsp3) is 0.188. The number of anilines is 1. The van der Waals surface area contributed by atoms with E-state index in [9.17, 15) is 13.6 Å². The summed E-state index contributed by atoms with van der Waals surface area (Å²) >= 11 is 0. The van der Waals surface area contributed by atoms with Gasteiger partial charge in [0.1, 0.15) is 0 Å². The molecule has 1 amide bonds. The summed E-state index contributed by atoms with van der Waals surface area (Å²) in [6.45, 7) is -1.01. The summed E-state index contributed by atoms with van der Waals surface area (Å²) in [6.07, 6.45) is 0. The number of rotatable bonds is 5. The molecule has 0 saturated carbocycles. The van der Waals surface area contributed by atoms with Gasteiger partial charge in [0.25, 0.3) is 5.91 Å². The molecule has 6 heteroatoms. The van der Waals surface area contributed by atoms with E-state index in [-0.39, 0.29) is 23.0 Å². The van der Waals surface area contributed by atoms with Crippen LogP contribution in [0.1, 0.15) is 15.9 Å². The average Bonchev–Trinajstić information content (AvgIpc) is 2.49. The number of benzene rings is 2. The van der Waals surface area contributed by atoms with Crippen LogP contribution in [0.15, 0.2) is 42.5 Å². The van der Waals surface area contributed by atoms with Crippen LogP contribution >= 0.6 is 0 Å². The van der Waals surface area contributed by atoms with Crippen molar-refractivity contribution < 1.29 is 23.0 Å². The van der Waals surface area contributed by atoms with Gasteiger partial charge >= 0.3 is 6.61 Å². The molecular weight excluding hydrogens is 292 g/mol. The highest BCUT2D eigenvalue weighted by atomic mass is 19.3. The summed E-state index contributed by atoms with van der Waals surface area (Å²) in [6, 6.07) is 11.3. The molecule has 1 N–H and O–H groups in total. The number of aryl methyl sites for hydroxylation is 1. The first kappa shape index (κ1) is 15.8. The molecule has 0 aliphatic rings. The van der Waals surface area contributed by atoms with Gasteiger partial charge in [-0.1, -0.05) is 17.7 Å². The van der Waals surface area contributed by atoms with Gasteiger partial charge in [-0.15, -0.1) is 0 Å². The first-order chi connectivity index (χ1) is 10.5. The zero-order valence-corrected chi connectivity index (χ0v) is 12.1. The third kappa shape index (κ3) is 3.94. The highest BCUT2D eigenvalue weighted by Crippen LogP contribution is 2.29. The van der Waals surface area contributed by atoms with Crippen molar-refractivity contribution in [2.24, 2.45) is 0 Å². The third-order valence-corrected chi connectivity index (χ3v) is 2.95. The summed E-state index contributed by atoms with van der Waals surface area (Å²) < 4.78 is 33.8. The Labute approximate surface area is 126 Å². The number of amides is 1. The van der Waals surface area contributed by atoms with Crippen LogP contribution in [-0.2, 0) is 0 Å². The van der Waals surface area contributed by atoms with Gasteiger partial charge in [-0.2, -0.15) is 8.78 Å². The van der Waals surface area contributed by atoms with Gasteiger partial charge in [-0.05, 0) is 37.3 Å². The first-order valence-corrected chi connectivity index (χ1v) is 6.50. The van der Waals surface area contributed by atoms with Crippen molar-refractivity contribution in [1.29, 1.82) is 0 Å². The number of hydrogen-bond donors (Lipinski definition) is 1. The topological polar surface area (TPSA) is 47.6 Å². The maximum Gasteiger partial charge on any atom is 0.387 e. The van der Waals surface area contributed by atoms with Crippen molar-refractivity contribution in [3.05, 3.63) is 53.6 Å². The zero-order valence-electron chi connectivity index (χ0n) is 12.1. The average molecular weight is 307 g/mol. The number of methoxy groups -OCH3 is 1. The third-order valence-electron chi connectivity index (χ3n) is 2.95. The van der Waals surface area contributed by atoms with Crippen LogP contribution in [0.4, 0.5) is 14.5 Å². The van der Waals surface area contributed by atoms with E-state index < -0.39 is 6.61 Å². The lowest BCUT2D eigenvalue weighted by atomic mass is 10.1. The number of nitrogens with one attached hydrogen (secondary N) is 1. The van der Waals surface area contributed by atoms with Gasteiger partial charge in [0.2, 0.25) is 0 Å². The lowest BCUT2D eigenvalue weighted by Crippen LogP contribution is -2.12. The lowest BCUT2D eigenvalue weighted by Gasteiger charge is -2.11. The zero-order chi connectivity index (χ0) is 16.1. The minimum absolute atomic E-state index is 0.0665. The Morgan fingerprint density at radius 1 is 1.09 bits per heavy atom. The first-order valence-electron chi connectivity index (χ1n) is 6.50. The normalized spacial score (nSPS) is 10.4. The Bertz CT molecular complexity index is 657. The van der Waals surface area contributed by atoms with E-state index in [1.54, 1.807) is 12.1 Å². The summed E-state index contributed by atoms with van der Waals surface area (Å²) in [5.74, 6) is -0.424. The minimum Gasteiger partial charge on any atom is -0.493 e. The highest BCUT2D eigenvalue weighted by Gasteiger charge is 2.14. The largest absolute Gasteiger partial charge is 0.493 e. The Hall–Kier alpha value is -2.63. The number of hydrogen-bond acceptors (Lipinski definition) is 3. The molecule has 0 bridgehead atoms. The van der Waals surface area contributed by atoms with Crippen molar-refractivity contribution in [2.45, 2.75) is 13.5 Å². The molecule has 0 fully saturated rings. The van der Waals surface area contributed by atoms with Crippen molar-refractivity contribution >= 4 is 11.6 Å². The second-order valence-corrected chi connectivity index (χ2v) is 4.56. The van der Waals surface area contributed by atoms with E-state index in [1.165, 1.54) is 25.3 Å². The second-order valence-electron chi connectivity index (χ2n) is 4.56. The van der Waals surface area contributed by atoms with E-state index in [0.717, 1.165) is 5.56 Å². The quantitative estimate of drug-likeness (QED) is 0.912. The Balaban J connectivity index is 2.17. The Kier molecular flexibility index (Phi) is 4.93. The van der Waals surface area contributed by atoms with Gasteiger partial charge in [-0.25, -0.2) is 0 Å². The number of alkyl halides is 2. The standard InChI is InChI=1S/C16H15F2NO3/c1-10-3-6-12(7-4-10)19-15(20)11-5-8-13(22-16(17)18)14(9-11)21-2/h3-9,16H,1-2H3,(H,19,20). The monoisotopic (exact) mass is 307 g/mol. The predicted octanol–water partition coefficient (Wildman–Crippen LogP) is 3.86. The molecule has 0 aliphatic heterocycles. The second kappa shape index (κ2) is 6.89. The number of halogens is 2. The van der Waals surface area contributed by atoms with Gasteiger partial charge in [-0.3, -0.25) is 4.79 Å². The fourth-order valence-electron chi connectivity index (χ4n) is 1.84. The van der Waals surface area contributed by atoms with Crippen LogP contribution in [0.25, 0.3) is 0 Å². The molecule has 116 valence electrons. The molecule has 2 aromatic carbocycles. The predicted molar refractivity (Wildman–Crippen MR) is 78.8 cm³/mol. The van der Waals surface area contributed by atoms with Crippen LogP contribution in [0.5, 0.6) is 11.5 Å².